The first-order valence-electron chi connectivity index (χ1n) is 32.2. The summed E-state index contributed by atoms with van der Waals surface area (Å²) in [5, 5.41) is 0. The molecule has 1 atom stereocenters. The Kier molecular flexibility index (Phi) is 59.1. The highest BCUT2D eigenvalue weighted by molar-refractivity contribution is 5.71. The highest BCUT2D eigenvalue weighted by Gasteiger charge is 2.19. The Hall–Kier alpha value is -1.85. The third-order valence-corrected chi connectivity index (χ3v) is 14.8. The maximum atomic E-state index is 12.8. The van der Waals surface area contributed by atoms with E-state index in [1.807, 2.05) is 0 Å². The van der Waals surface area contributed by atoms with Crippen LogP contribution in [0.15, 0.2) is 12.2 Å². The molecule has 6 nitrogen and oxygen atoms in total. The summed E-state index contributed by atoms with van der Waals surface area (Å²) in [6.07, 6.45) is 71.2. The van der Waals surface area contributed by atoms with Gasteiger partial charge in [-0.15, -0.1) is 0 Å². The second kappa shape index (κ2) is 60.7. The van der Waals surface area contributed by atoms with Crippen LogP contribution in [0.5, 0.6) is 0 Å². The van der Waals surface area contributed by atoms with E-state index in [-0.39, 0.29) is 31.1 Å². The summed E-state index contributed by atoms with van der Waals surface area (Å²) in [5.41, 5.74) is 0. The van der Waals surface area contributed by atoms with Crippen LogP contribution in [-0.2, 0) is 28.6 Å². The fraction of sp³-hybridized carbons (Fsp3) is 0.923. The number of esters is 3. The minimum absolute atomic E-state index is 0.0630. The molecule has 0 saturated carbocycles. The number of rotatable bonds is 60. The predicted octanol–water partition coefficient (Wildman–Crippen LogP) is 21.7. The third-order valence-electron chi connectivity index (χ3n) is 14.8. The molecule has 0 amide bonds. The van der Waals surface area contributed by atoms with Crippen molar-refractivity contribution in [2.75, 3.05) is 13.2 Å². The van der Waals surface area contributed by atoms with Gasteiger partial charge in [0.25, 0.3) is 0 Å². The summed E-state index contributed by atoms with van der Waals surface area (Å²) in [6.45, 7) is 6.67. The lowest BCUT2D eigenvalue weighted by molar-refractivity contribution is -0.167. The van der Waals surface area contributed by atoms with Gasteiger partial charge in [-0.2, -0.15) is 0 Å². The molecule has 0 heterocycles. The molecule has 0 aliphatic carbocycles. The minimum atomic E-state index is -0.761. The van der Waals surface area contributed by atoms with E-state index >= 15 is 0 Å². The number of ether oxygens (including phenoxy) is 3. The molecule has 1 unspecified atom stereocenters. The van der Waals surface area contributed by atoms with Crippen molar-refractivity contribution in [3.8, 4) is 0 Å². The Labute approximate surface area is 443 Å². The Morgan fingerprint density at radius 1 is 0.268 bits per heavy atom. The van der Waals surface area contributed by atoms with Gasteiger partial charge in [0.05, 0.1) is 0 Å². The maximum Gasteiger partial charge on any atom is 0.306 e. The third kappa shape index (κ3) is 58.9. The van der Waals surface area contributed by atoms with Crippen LogP contribution in [0.1, 0.15) is 367 Å². The molecule has 0 aromatic carbocycles. The van der Waals surface area contributed by atoms with Crippen molar-refractivity contribution in [3.63, 3.8) is 0 Å². The lowest BCUT2D eigenvalue weighted by Crippen LogP contribution is -2.30. The van der Waals surface area contributed by atoms with E-state index in [0.29, 0.717) is 19.3 Å². The first-order chi connectivity index (χ1) is 35.0. The van der Waals surface area contributed by atoms with Crippen LogP contribution < -0.4 is 0 Å². The molecule has 0 aliphatic rings. The van der Waals surface area contributed by atoms with Crippen LogP contribution in [-0.4, -0.2) is 37.2 Å². The van der Waals surface area contributed by atoms with Crippen molar-refractivity contribution in [1.82, 2.24) is 0 Å². The van der Waals surface area contributed by atoms with Gasteiger partial charge in [0, 0.05) is 19.3 Å². The van der Waals surface area contributed by atoms with E-state index in [9.17, 15) is 14.4 Å². The molecular weight excluding hydrogens is 877 g/mol. The predicted molar refractivity (Wildman–Crippen MR) is 307 cm³/mol. The Morgan fingerprint density at radius 2 is 0.465 bits per heavy atom. The fourth-order valence-electron chi connectivity index (χ4n) is 9.91. The number of carbonyl (C=O) groups is 3. The number of unbranched alkanes of at least 4 members (excludes halogenated alkanes) is 47. The molecule has 71 heavy (non-hydrogen) atoms. The second-order valence-electron chi connectivity index (χ2n) is 22.0. The van der Waals surface area contributed by atoms with Crippen molar-refractivity contribution in [2.24, 2.45) is 0 Å². The second-order valence-corrected chi connectivity index (χ2v) is 22.0. The summed E-state index contributed by atoms with van der Waals surface area (Å²) in [5.74, 6) is -0.843. The maximum absolute atomic E-state index is 12.8. The largest absolute Gasteiger partial charge is 0.462 e. The molecule has 420 valence electrons. The lowest BCUT2D eigenvalue weighted by atomic mass is 10.0. The zero-order chi connectivity index (χ0) is 51.4. The first kappa shape index (κ1) is 69.2. The van der Waals surface area contributed by atoms with Gasteiger partial charge >= 0.3 is 17.9 Å². The SMILES string of the molecule is CCCCCCCCCC/C=C\CCCCCCCCCCCCCCCCCCCCCCCC(=O)OCC(COC(=O)CCCCCCCCCCC)OC(=O)CCCCCCCCCCCCC. The van der Waals surface area contributed by atoms with E-state index in [2.05, 4.69) is 32.9 Å². The molecule has 0 fully saturated rings. The molecular formula is C65H124O6. The van der Waals surface area contributed by atoms with Gasteiger partial charge in [0.15, 0.2) is 6.10 Å². The van der Waals surface area contributed by atoms with Crippen LogP contribution >= 0.6 is 0 Å². The Balaban J connectivity index is 3.91. The van der Waals surface area contributed by atoms with Crippen molar-refractivity contribution in [2.45, 2.75) is 374 Å². The summed E-state index contributed by atoms with van der Waals surface area (Å²) >= 11 is 0. The van der Waals surface area contributed by atoms with Gasteiger partial charge in [-0.3, -0.25) is 14.4 Å². The van der Waals surface area contributed by atoms with E-state index in [1.165, 1.54) is 270 Å². The molecule has 0 aliphatic heterocycles. The molecule has 0 radical (unpaired) electrons. The van der Waals surface area contributed by atoms with Crippen molar-refractivity contribution < 1.29 is 28.6 Å². The van der Waals surface area contributed by atoms with E-state index < -0.39 is 6.10 Å². The summed E-state index contributed by atoms with van der Waals surface area (Å²) in [6, 6.07) is 0. The van der Waals surface area contributed by atoms with Gasteiger partial charge in [-0.1, -0.05) is 315 Å². The van der Waals surface area contributed by atoms with Crippen molar-refractivity contribution in [3.05, 3.63) is 12.2 Å². The summed E-state index contributed by atoms with van der Waals surface area (Å²) in [7, 11) is 0. The number of allylic oxidation sites excluding steroid dienone is 2. The average molecular weight is 1000 g/mol. The van der Waals surface area contributed by atoms with Crippen LogP contribution in [0.2, 0.25) is 0 Å². The summed E-state index contributed by atoms with van der Waals surface area (Å²) in [4.78, 5) is 38.0. The molecule has 0 N–H and O–H groups in total. The van der Waals surface area contributed by atoms with Crippen LogP contribution in [0, 0.1) is 0 Å². The molecule has 0 saturated heterocycles. The van der Waals surface area contributed by atoms with Crippen LogP contribution in [0.4, 0.5) is 0 Å². The molecule has 0 aromatic rings. The Morgan fingerprint density at radius 3 is 0.704 bits per heavy atom. The number of hydrogen-bond acceptors (Lipinski definition) is 6. The van der Waals surface area contributed by atoms with Gasteiger partial charge in [-0.05, 0) is 44.9 Å². The van der Waals surface area contributed by atoms with Crippen LogP contribution in [0.25, 0.3) is 0 Å². The average Bonchev–Trinajstić information content (AvgIpc) is 3.37. The van der Waals surface area contributed by atoms with Crippen molar-refractivity contribution >= 4 is 17.9 Å². The summed E-state index contributed by atoms with van der Waals surface area (Å²) < 4.78 is 16.8. The Bertz CT molecular complexity index is 1100. The molecule has 6 heteroatoms. The van der Waals surface area contributed by atoms with Gasteiger partial charge in [0.2, 0.25) is 0 Å². The van der Waals surface area contributed by atoms with Gasteiger partial charge in [-0.25, -0.2) is 0 Å². The van der Waals surface area contributed by atoms with E-state index in [1.54, 1.807) is 0 Å². The van der Waals surface area contributed by atoms with Crippen LogP contribution in [0.3, 0.4) is 0 Å². The fourth-order valence-corrected chi connectivity index (χ4v) is 9.91. The molecule has 0 rings (SSSR count). The first-order valence-corrected chi connectivity index (χ1v) is 32.2. The molecule has 0 bridgehead atoms. The molecule has 0 aromatic heterocycles. The highest BCUT2D eigenvalue weighted by Crippen LogP contribution is 2.18. The van der Waals surface area contributed by atoms with Crippen molar-refractivity contribution in [1.29, 1.82) is 0 Å². The normalized spacial score (nSPS) is 12.0. The highest BCUT2D eigenvalue weighted by atomic mass is 16.6. The number of hydrogen-bond donors (Lipinski definition) is 0. The minimum Gasteiger partial charge on any atom is -0.462 e. The molecule has 0 spiro atoms. The number of carbonyl (C=O) groups excluding carboxylic acids is 3. The lowest BCUT2D eigenvalue weighted by Gasteiger charge is -2.18. The van der Waals surface area contributed by atoms with E-state index in [0.717, 1.165) is 57.8 Å². The topological polar surface area (TPSA) is 78.9 Å². The van der Waals surface area contributed by atoms with Gasteiger partial charge < -0.3 is 14.2 Å². The zero-order valence-corrected chi connectivity index (χ0v) is 48.3. The quantitative estimate of drug-likeness (QED) is 0.0261. The standard InChI is InChI=1S/C65H124O6/c1-4-7-10-13-16-19-21-22-23-24-25-26-27-28-29-30-31-32-33-34-35-36-37-38-39-40-41-42-44-46-49-52-55-58-64(67)70-61-62(60-69-63(66)57-54-51-48-45-18-15-12-9-6-3)71-65(68)59-56-53-50-47-43-20-17-14-11-8-5-2/h24-25,62H,4-23,26-61H2,1-3H3/b25-24-. The van der Waals surface area contributed by atoms with E-state index in [4.69, 9.17) is 14.2 Å². The monoisotopic (exact) mass is 1000 g/mol. The zero-order valence-electron chi connectivity index (χ0n) is 48.3. The van der Waals surface area contributed by atoms with Gasteiger partial charge in [0.1, 0.15) is 13.2 Å². The smallest absolute Gasteiger partial charge is 0.306 e.